The number of aliphatic hydroxyl groups is 1. The molecule has 4 heteroatoms. The summed E-state index contributed by atoms with van der Waals surface area (Å²) in [7, 11) is 0. The molecule has 0 fully saturated rings. The molecular weight excluding hydrogens is 216 g/mol. The van der Waals surface area contributed by atoms with Crippen LogP contribution in [0.5, 0.6) is 5.75 Å². The van der Waals surface area contributed by atoms with Gasteiger partial charge in [0.25, 0.3) is 0 Å². The number of hydrogen-bond acceptors (Lipinski definition) is 4. The van der Waals surface area contributed by atoms with Gasteiger partial charge in [-0.05, 0) is 12.5 Å². The van der Waals surface area contributed by atoms with Gasteiger partial charge in [0.2, 0.25) is 0 Å². The van der Waals surface area contributed by atoms with Crippen LogP contribution in [0.3, 0.4) is 0 Å². The fraction of sp³-hybridized carbons (Fsp3) is 0.231. The van der Waals surface area contributed by atoms with Crippen molar-refractivity contribution in [2.24, 2.45) is 0 Å². The molecule has 0 amide bonds. The van der Waals surface area contributed by atoms with E-state index < -0.39 is 6.10 Å². The van der Waals surface area contributed by atoms with E-state index in [-0.39, 0.29) is 0 Å². The first-order chi connectivity index (χ1) is 8.25. The van der Waals surface area contributed by atoms with Crippen LogP contribution >= 0.6 is 0 Å². The molecule has 0 saturated carbocycles. The Morgan fingerprint density at radius 1 is 1.18 bits per heavy atom. The first-order valence-corrected chi connectivity index (χ1v) is 5.42. The number of nitrogens with zero attached hydrogens (tertiary/aromatic N) is 2. The normalized spacial score (nSPS) is 12.1. The van der Waals surface area contributed by atoms with E-state index in [9.17, 15) is 5.11 Å². The third-order valence-electron chi connectivity index (χ3n) is 2.27. The standard InChI is InChI=1S/C13H14N2O2/c1-10(16)13-14-7-12(8-15-13)17-9-11-5-3-2-4-6-11/h2-8,10,16H,9H2,1H3/t10-/m1/s1. The van der Waals surface area contributed by atoms with Gasteiger partial charge in [0, 0.05) is 0 Å². The molecule has 0 radical (unpaired) electrons. The summed E-state index contributed by atoms with van der Waals surface area (Å²) in [5.41, 5.74) is 1.09. The molecule has 1 atom stereocenters. The average Bonchev–Trinajstić information content (AvgIpc) is 2.38. The Bertz CT molecular complexity index is 455. The number of rotatable bonds is 4. The molecule has 0 aliphatic heterocycles. The molecule has 0 bridgehead atoms. The van der Waals surface area contributed by atoms with Gasteiger partial charge in [-0.25, -0.2) is 9.97 Å². The quantitative estimate of drug-likeness (QED) is 0.874. The maximum atomic E-state index is 9.26. The molecular formula is C13H14N2O2. The molecule has 4 nitrogen and oxygen atoms in total. The van der Waals surface area contributed by atoms with Gasteiger partial charge in [0.1, 0.15) is 12.7 Å². The second-order valence-corrected chi connectivity index (χ2v) is 3.73. The third-order valence-corrected chi connectivity index (χ3v) is 2.27. The highest BCUT2D eigenvalue weighted by Crippen LogP contribution is 2.12. The van der Waals surface area contributed by atoms with Crippen LogP contribution in [-0.4, -0.2) is 15.1 Å². The zero-order chi connectivity index (χ0) is 12.1. The van der Waals surface area contributed by atoms with Crippen LogP contribution in [0.15, 0.2) is 42.7 Å². The number of hydrogen-bond donors (Lipinski definition) is 1. The Balaban J connectivity index is 1.96. The second kappa shape index (κ2) is 5.41. The maximum Gasteiger partial charge on any atom is 0.156 e. The largest absolute Gasteiger partial charge is 0.486 e. The minimum absolute atomic E-state index is 0.400. The highest BCUT2D eigenvalue weighted by atomic mass is 16.5. The molecule has 0 unspecified atom stereocenters. The predicted octanol–water partition coefficient (Wildman–Crippen LogP) is 2.11. The van der Waals surface area contributed by atoms with Crippen molar-refractivity contribution in [3.8, 4) is 5.75 Å². The Kier molecular flexibility index (Phi) is 3.67. The summed E-state index contributed by atoms with van der Waals surface area (Å²) in [6, 6.07) is 9.87. The van der Waals surface area contributed by atoms with Crippen molar-refractivity contribution in [3.05, 3.63) is 54.1 Å². The Morgan fingerprint density at radius 2 is 1.82 bits per heavy atom. The number of aliphatic hydroxyl groups excluding tert-OH is 1. The molecule has 88 valence electrons. The monoisotopic (exact) mass is 230 g/mol. The van der Waals surface area contributed by atoms with Gasteiger partial charge in [-0.15, -0.1) is 0 Å². The summed E-state index contributed by atoms with van der Waals surface area (Å²) in [5.74, 6) is 0.996. The lowest BCUT2D eigenvalue weighted by Gasteiger charge is -2.06. The number of ether oxygens (including phenoxy) is 1. The molecule has 1 N–H and O–H groups in total. The van der Waals surface area contributed by atoms with E-state index in [1.54, 1.807) is 19.3 Å². The second-order valence-electron chi connectivity index (χ2n) is 3.73. The van der Waals surface area contributed by atoms with E-state index >= 15 is 0 Å². The summed E-state index contributed by atoms with van der Waals surface area (Å²) >= 11 is 0. The van der Waals surface area contributed by atoms with Crippen molar-refractivity contribution >= 4 is 0 Å². The lowest BCUT2D eigenvalue weighted by molar-refractivity contribution is 0.188. The summed E-state index contributed by atoms with van der Waals surface area (Å²) in [4.78, 5) is 8.01. The molecule has 2 rings (SSSR count). The zero-order valence-electron chi connectivity index (χ0n) is 9.58. The first-order valence-electron chi connectivity index (χ1n) is 5.42. The van der Waals surface area contributed by atoms with E-state index in [2.05, 4.69) is 9.97 Å². The summed E-state index contributed by atoms with van der Waals surface area (Å²) in [6.45, 7) is 2.11. The van der Waals surface area contributed by atoms with E-state index in [1.165, 1.54) is 0 Å². The smallest absolute Gasteiger partial charge is 0.156 e. The van der Waals surface area contributed by atoms with Gasteiger partial charge < -0.3 is 9.84 Å². The van der Waals surface area contributed by atoms with Gasteiger partial charge in [-0.2, -0.15) is 0 Å². The van der Waals surface area contributed by atoms with E-state index in [0.29, 0.717) is 18.2 Å². The van der Waals surface area contributed by atoms with Gasteiger partial charge in [-0.3, -0.25) is 0 Å². The van der Waals surface area contributed by atoms with Crippen molar-refractivity contribution in [1.29, 1.82) is 0 Å². The van der Waals surface area contributed by atoms with Crippen molar-refractivity contribution in [1.82, 2.24) is 9.97 Å². The molecule has 17 heavy (non-hydrogen) atoms. The fourth-order valence-corrected chi connectivity index (χ4v) is 1.36. The highest BCUT2D eigenvalue weighted by Gasteiger charge is 2.04. The average molecular weight is 230 g/mol. The van der Waals surface area contributed by atoms with Gasteiger partial charge in [-0.1, -0.05) is 30.3 Å². The fourth-order valence-electron chi connectivity index (χ4n) is 1.36. The lowest BCUT2D eigenvalue weighted by Crippen LogP contribution is -2.01. The molecule has 2 aromatic rings. The Labute approximate surface area is 99.9 Å². The topological polar surface area (TPSA) is 55.2 Å². The van der Waals surface area contributed by atoms with Crippen LogP contribution in [0.4, 0.5) is 0 Å². The molecule has 1 heterocycles. The highest BCUT2D eigenvalue weighted by molar-refractivity contribution is 5.17. The maximum absolute atomic E-state index is 9.26. The van der Waals surface area contributed by atoms with Crippen LogP contribution in [0.2, 0.25) is 0 Å². The van der Waals surface area contributed by atoms with Gasteiger partial charge in [0.05, 0.1) is 12.4 Å². The van der Waals surface area contributed by atoms with E-state index in [4.69, 9.17) is 4.74 Å². The Hall–Kier alpha value is -1.94. The van der Waals surface area contributed by atoms with E-state index in [1.807, 2.05) is 30.3 Å². The van der Waals surface area contributed by atoms with Crippen LogP contribution in [0.25, 0.3) is 0 Å². The first kappa shape index (κ1) is 11.5. The van der Waals surface area contributed by atoms with Crippen LogP contribution in [0.1, 0.15) is 24.4 Å². The molecule has 1 aromatic heterocycles. The van der Waals surface area contributed by atoms with Crippen molar-refractivity contribution < 1.29 is 9.84 Å². The van der Waals surface area contributed by atoms with Gasteiger partial charge >= 0.3 is 0 Å². The molecule has 0 aliphatic carbocycles. The molecule has 1 aromatic carbocycles. The molecule has 0 spiro atoms. The summed E-state index contributed by atoms with van der Waals surface area (Å²) in [6.07, 6.45) is 2.48. The molecule has 0 aliphatic rings. The third kappa shape index (κ3) is 3.26. The summed E-state index contributed by atoms with van der Waals surface area (Å²) in [5, 5.41) is 9.26. The van der Waals surface area contributed by atoms with Crippen LogP contribution in [0, 0.1) is 0 Å². The molecule has 0 saturated heterocycles. The minimum Gasteiger partial charge on any atom is -0.486 e. The SMILES string of the molecule is C[C@@H](O)c1ncc(OCc2ccccc2)cn1. The zero-order valence-corrected chi connectivity index (χ0v) is 9.58. The predicted molar refractivity (Wildman–Crippen MR) is 63.4 cm³/mol. The van der Waals surface area contributed by atoms with Crippen LogP contribution in [-0.2, 0) is 6.61 Å². The van der Waals surface area contributed by atoms with Crippen molar-refractivity contribution in [2.45, 2.75) is 19.6 Å². The van der Waals surface area contributed by atoms with Crippen molar-refractivity contribution in [3.63, 3.8) is 0 Å². The van der Waals surface area contributed by atoms with Crippen molar-refractivity contribution in [2.75, 3.05) is 0 Å². The minimum atomic E-state index is -0.654. The van der Waals surface area contributed by atoms with Gasteiger partial charge in [0.15, 0.2) is 11.6 Å². The van der Waals surface area contributed by atoms with Crippen LogP contribution < -0.4 is 4.74 Å². The number of aromatic nitrogens is 2. The summed E-state index contributed by atoms with van der Waals surface area (Å²) < 4.78 is 5.52. The lowest BCUT2D eigenvalue weighted by atomic mass is 10.2. The number of benzene rings is 1. The van der Waals surface area contributed by atoms with E-state index in [0.717, 1.165) is 5.56 Å². The Morgan fingerprint density at radius 3 is 2.41 bits per heavy atom.